The topological polar surface area (TPSA) is 3.24 Å². The molecule has 0 amide bonds. The van der Waals surface area contributed by atoms with Crippen molar-refractivity contribution in [3.63, 3.8) is 0 Å². The van der Waals surface area contributed by atoms with E-state index in [1.54, 1.807) is 0 Å². The molecule has 43 heavy (non-hydrogen) atoms. The first-order chi connectivity index (χ1) is 23.4. The summed E-state index contributed by atoms with van der Waals surface area (Å²) in [6.07, 6.45) is 0. The fraction of sp³-hybridized carbons (Fsp3) is 0. The number of rotatable bonds is 3. The second-order valence-corrected chi connectivity index (χ2v) is 11.0. The van der Waals surface area contributed by atoms with Crippen molar-refractivity contribution in [1.82, 2.24) is 0 Å². The quantitative estimate of drug-likeness (QED) is 0.198. The molecule has 1 heteroatoms. The van der Waals surface area contributed by atoms with Gasteiger partial charge in [-0.05, 0) is 101 Å². The average molecular weight is 551 g/mol. The summed E-state index contributed by atoms with van der Waals surface area (Å²) in [5.74, 6) is 0. The highest BCUT2D eigenvalue weighted by Crippen LogP contribution is 2.43. The Kier molecular flexibility index (Phi) is 4.27. The van der Waals surface area contributed by atoms with E-state index in [1.165, 1.54) is 10.8 Å². The van der Waals surface area contributed by atoms with Crippen LogP contribution in [0.3, 0.4) is 0 Å². The number of hydrogen-bond donors (Lipinski definition) is 0. The Labute approximate surface area is 256 Å². The van der Waals surface area contributed by atoms with E-state index in [2.05, 4.69) is 84.9 Å². The van der Waals surface area contributed by atoms with Gasteiger partial charge >= 0.3 is 0 Å². The van der Waals surface area contributed by atoms with Crippen molar-refractivity contribution in [3.8, 4) is 0 Å². The van der Waals surface area contributed by atoms with E-state index in [9.17, 15) is 0 Å². The molecule has 9 rings (SSSR count). The van der Waals surface area contributed by atoms with E-state index in [-0.39, 0.29) is 29.9 Å². The Bertz CT molecular complexity index is 2550. The van der Waals surface area contributed by atoms with Gasteiger partial charge in [-0.1, -0.05) is 127 Å². The predicted molar refractivity (Wildman–Crippen MR) is 186 cm³/mol. The van der Waals surface area contributed by atoms with Gasteiger partial charge in [0.1, 0.15) is 0 Å². The minimum Gasteiger partial charge on any atom is -0.310 e. The number of benzene rings is 9. The Balaban J connectivity index is 1.40. The largest absolute Gasteiger partial charge is 0.310 e. The zero-order valence-corrected chi connectivity index (χ0v) is 23.1. The molecule has 0 heterocycles. The Morgan fingerprint density at radius 2 is 0.605 bits per heavy atom. The lowest BCUT2D eigenvalue weighted by molar-refractivity contribution is 1.30. The fourth-order valence-corrected chi connectivity index (χ4v) is 6.83. The Hall–Kier alpha value is -5.66. The molecule has 9 aromatic carbocycles. The van der Waals surface area contributed by atoms with Crippen molar-refractivity contribution < 1.29 is 6.85 Å². The van der Waals surface area contributed by atoms with Crippen molar-refractivity contribution in [2.45, 2.75) is 0 Å². The first-order valence-corrected chi connectivity index (χ1v) is 14.5. The van der Waals surface area contributed by atoms with Crippen LogP contribution >= 0.6 is 0 Å². The number of anilines is 3. The van der Waals surface area contributed by atoms with Crippen LogP contribution < -0.4 is 4.90 Å². The van der Waals surface area contributed by atoms with Gasteiger partial charge in [0.15, 0.2) is 0 Å². The van der Waals surface area contributed by atoms with Crippen molar-refractivity contribution in [1.29, 1.82) is 0 Å². The van der Waals surface area contributed by atoms with Crippen LogP contribution in [0.25, 0.3) is 64.6 Å². The molecule has 0 aliphatic carbocycles. The molecule has 0 spiro atoms. The molecule has 0 bridgehead atoms. The van der Waals surface area contributed by atoms with Crippen LogP contribution in [-0.2, 0) is 0 Å². The van der Waals surface area contributed by atoms with Gasteiger partial charge in [-0.3, -0.25) is 0 Å². The highest BCUT2D eigenvalue weighted by molar-refractivity contribution is 6.27. The summed E-state index contributed by atoms with van der Waals surface area (Å²) >= 11 is 0. The number of hydrogen-bond acceptors (Lipinski definition) is 1. The van der Waals surface area contributed by atoms with Gasteiger partial charge in [0, 0.05) is 17.1 Å². The van der Waals surface area contributed by atoms with E-state index in [1.807, 2.05) is 53.4 Å². The molecular weight excluding hydrogens is 518 g/mol. The van der Waals surface area contributed by atoms with Gasteiger partial charge in [0.05, 0.1) is 6.85 Å². The molecule has 0 fully saturated rings. The van der Waals surface area contributed by atoms with Gasteiger partial charge in [-0.25, -0.2) is 0 Å². The van der Waals surface area contributed by atoms with Crippen LogP contribution in [0.1, 0.15) is 6.85 Å². The summed E-state index contributed by atoms with van der Waals surface area (Å²) < 4.78 is 43.6. The summed E-state index contributed by atoms with van der Waals surface area (Å²) in [5.41, 5.74) is 1.51. The van der Waals surface area contributed by atoms with Gasteiger partial charge in [-0.15, -0.1) is 0 Å². The SMILES string of the molecule is [2H]c1c([2H])c([2H])c(N(c2ccc3c4ccccc4c4ccccc4c3c2)c2ccc3c4ccccc4c4ccccc4c3c2)c([2H])c1[2H]. The van der Waals surface area contributed by atoms with Crippen LogP contribution in [0, 0.1) is 0 Å². The predicted octanol–water partition coefficient (Wildman–Crippen LogP) is 12.1. The highest BCUT2D eigenvalue weighted by atomic mass is 15.1. The minimum atomic E-state index is -0.416. The molecule has 0 saturated carbocycles. The monoisotopic (exact) mass is 550 g/mol. The molecule has 9 aromatic rings. The third-order valence-electron chi connectivity index (χ3n) is 8.68. The Morgan fingerprint density at radius 1 is 0.302 bits per heavy atom. The molecule has 0 radical (unpaired) electrons. The molecule has 0 atom stereocenters. The number of nitrogens with zero attached hydrogens (tertiary/aromatic N) is 1. The second-order valence-electron chi connectivity index (χ2n) is 11.0. The van der Waals surface area contributed by atoms with Gasteiger partial charge in [0.2, 0.25) is 0 Å². The molecule has 0 saturated heterocycles. The first kappa shape index (κ1) is 19.5. The lowest BCUT2D eigenvalue weighted by Gasteiger charge is -2.27. The van der Waals surface area contributed by atoms with Crippen LogP contribution in [0.2, 0.25) is 0 Å². The molecule has 0 aliphatic heterocycles. The summed E-state index contributed by atoms with van der Waals surface area (Å²) in [4.78, 5) is 1.83. The van der Waals surface area contributed by atoms with Crippen molar-refractivity contribution >= 4 is 81.7 Å². The maximum Gasteiger partial charge on any atom is 0.0645 e. The first-order valence-electron chi connectivity index (χ1n) is 17.0. The standard InChI is InChI=1S/C42H27N/c1-2-12-28(13-3-1)43(29-22-24-39-35-18-6-4-14-31(35)33-16-8-10-20-37(33)41(39)26-29)30-23-25-40-36-19-7-5-15-32(36)34-17-9-11-21-38(34)42(40)27-30/h1-27H/i1D,2D,3D,12D,13D. The van der Waals surface area contributed by atoms with E-state index in [0.717, 1.165) is 53.9 Å². The van der Waals surface area contributed by atoms with Crippen LogP contribution in [0.5, 0.6) is 0 Å². The molecule has 0 N–H and O–H groups in total. The van der Waals surface area contributed by atoms with Crippen molar-refractivity contribution in [2.24, 2.45) is 0 Å². The highest BCUT2D eigenvalue weighted by Gasteiger charge is 2.17. The molecule has 1 nitrogen and oxygen atoms in total. The van der Waals surface area contributed by atoms with Gasteiger partial charge < -0.3 is 4.90 Å². The maximum absolute atomic E-state index is 9.05. The number of fused-ring (bicyclic) bond motifs is 12. The summed E-state index contributed by atoms with van der Waals surface area (Å²) in [6, 6.07) is 44.1. The lowest BCUT2D eigenvalue weighted by atomic mass is 9.93. The zero-order valence-electron chi connectivity index (χ0n) is 28.1. The third-order valence-corrected chi connectivity index (χ3v) is 8.68. The van der Waals surface area contributed by atoms with Crippen LogP contribution in [0.15, 0.2) is 164 Å². The van der Waals surface area contributed by atoms with Crippen molar-refractivity contribution in [2.75, 3.05) is 4.90 Å². The van der Waals surface area contributed by atoms with E-state index in [4.69, 9.17) is 6.85 Å². The summed E-state index contributed by atoms with van der Waals surface area (Å²) in [7, 11) is 0. The minimum absolute atomic E-state index is 0.106. The second kappa shape index (κ2) is 9.44. The summed E-state index contributed by atoms with van der Waals surface area (Å²) in [6.45, 7) is 0. The molecule has 200 valence electrons. The molecule has 0 aliphatic rings. The number of para-hydroxylation sites is 1. The van der Waals surface area contributed by atoms with E-state index < -0.39 is 6.04 Å². The van der Waals surface area contributed by atoms with Gasteiger partial charge in [-0.2, -0.15) is 0 Å². The molecule has 0 aromatic heterocycles. The normalized spacial score (nSPS) is 13.3. The van der Waals surface area contributed by atoms with Crippen molar-refractivity contribution in [3.05, 3.63) is 164 Å². The average Bonchev–Trinajstić information content (AvgIpc) is 3.15. The maximum atomic E-state index is 9.05. The molecular formula is C42H27N. The fourth-order valence-electron chi connectivity index (χ4n) is 6.83. The Morgan fingerprint density at radius 3 is 0.953 bits per heavy atom. The smallest absolute Gasteiger partial charge is 0.0645 e. The molecule has 0 unspecified atom stereocenters. The third kappa shape index (κ3) is 3.65. The lowest BCUT2D eigenvalue weighted by Crippen LogP contribution is -2.09. The van der Waals surface area contributed by atoms with Gasteiger partial charge in [0.25, 0.3) is 0 Å². The van der Waals surface area contributed by atoms with Crippen LogP contribution in [0.4, 0.5) is 17.1 Å². The van der Waals surface area contributed by atoms with E-state index >= 15 is 0 Å². The zero-order chi connectivity index (χ0) is 32.7. The summed E-state index contributed by atoms with van der Waals surface area (Å²) in [5, 5.41) is 13.3. The van der Waals surface area contributed by atoms with Crippen LogP contribution in [-0.4, -0.2) is 0 Å². The van der Waals surface area contributed by atoms with E-state index in [0.29, 0.717) is 11.4 Å².